The molecule has 0 aliphatic heterocycles. The van der Waals surface area contributed by atoms with E-state index >= 15 is 0 Å². The van der Waals surface area contributed by atoms with Gasteiger partial charge in [0.15, 0.2) is 0 Å². The fraction of sp³-hybridized carbons (Fsp3) is 0. The van der Waals surface area contributed by atoms with Gasteiger partial charge >= 0.3 is 0 Å². The van der Waals surface area contributed by atoms with Gasteiger partial charge in [-0.1, -0.05) is 146 Å². The van der Waals surface area contributed by atoms with Crippen LogP contribution in [0.1, 0.15) is 0 Å². The van der Waals surface area contributed by atoms with Crippen LogP contribution in [0.3, 0.4) is 0 Å². The minimum atomic E-state index is 0.909. The molecule has 2 nitrogen and oxygen atoms in total. The second-order valence-electron chi connectivity index (χ2n) is 14.1. The van der Waals surface area contributed by atoms with Crippen LogP contribution in [0, 0.1) is 0 Å². The third-order valence-corrected chi connectivity index (χ3v) is 12.1. The summed E-state index contributed by atoms with van der Waals surface area (Å²) in [5.41, 5.74) is 12.1. The molecule has 2 heterocycles. The van der Waals surface area contributed by atoms with Gasteiger partial charge in [-0.05, 0) is 93.2 Å². The number of nitrogens with zero attached hydrogens (tertiary/aromatic N) is 1. The van der Waals surface area contributed by atoms with Gasteiger partial charge in [-0.3, -0.25) is 0 Å². The lowest BCUT2D eigenvalue weighted by atomic mass is 10.00. The molecule has 0 saturated heterocycles. The molecule has 11 aromatic rings. The van der Waals surface area contributed by atoms with Gasteiger partial charge in [0.05, 0.1) is 0 Å². The van der Waals surface area contributed by atoms with Crippen molar-refractivity contribution in [1.82, 2.24) is 0 Å². The average molecular weight is 720 g/mol. The molecule has 2 aromatic heterocycles. The predicted molar refractivity (Wildman–Crippen MR) is 235 cm³/mol. The van der Waals surface area contributed by atoms with Gasteiger partial charge in [0.2, 0.25) is 0 Å². The molecule has 0 N–H and O–H groups in total. The number of fused-ring (bicyclic) bond motifs is 8. The van der Waals surface area contributed by atoms with Crippen molar-refractivity contribution < 1.29 is 4.42 Å². The summed E-state index contributed by atoms with van der Waals surface area (Å²) in [5.74, 6) is 0. The summed E-state index contributed by atoms with van der Waals surface area (Å²) < 4.78 is 9.08. The molecule has 0 aliphatic carbocycles. The minimum absolute atomic E-state index is 0.909. The van der Waals surface area contributed by atoms with Crippen LogP contribution in [0.4, 0.5) is 17.1 Å². The summed E-state index contributed by atoms with van der Waals surface area (Å²) >= 11 is 1.88. The van der Waals surface area contributed by atoms with Gasteiger partial charge in [0.25, 0.3) is 0 Å². The molecule has 0 unspecified atom stereocenters. The summed E-state index contributed by atoms with van der Waals surface area (Å²) in [6.07, 6.45) is 0. The fourth-order valence-corrected chi connectivity index (χ4v) is 9.37. The van der Waals surface area contributed by atoms with Crippen molar-refractivity contribution in [2.24, 2.45) is 0 Å². The highest BCUT2D eigenvalue weighted by Crippen LogP contribution is 2.42. The first kappa shape index (κ1) is 31.6. The van der Waals surface area contributed by atoms with Crippen molar-refractivity contribution in [1.29, 1.82) is 0 Å². The zero-order chi connectivity index (χ0) is 36.3. The highest BCUT2D eigenvalue weighted by Gasteiger charge is 2.17. The van der Waals surface area contributed by atoms with E-state index in [1.54, 1.807) is 0 Å². The number of hydrogen-bond donors (Lipinski definition) is 0. The Kier molecular flexibility index (Phi) is 7.39. The Hall–Kier alpha value is -6.94. The third kappa shape index (κ3) is 5.40. The number of thiophene rings is 1. The van der Waals surface area contributed by atoms with Crippen LogP contribution in [0.25, 0.3) is 86.3 Å². The van der Waals surface area contributed by atoms with Crippen LogP contribution in [-0.4, -0.2) is 0 Å². The van der Waals surface area contributed by atoms with Gasteiger partial charge < -0.3 is 9.32 Å². The first-order valence-corrected chi connectivity index (χ1v) is 19.5. The van der Waals surface area contributed by atoms with Gasteiger partial charge in [-0.15, -0.1) is 11.3 Å². The Labute approximate surface area is 322 Å². The van der Waals surface area contributed by atoms with Crippen molar-refractivity contribution in [3.63, 3.8) is 0 Å². The van der Waals surface area contributed by atoms with E-state index in [0.717, 1.165) is 50.1 Å². The number of furan rings is 1. The zero-order valence-electron chi connectivity index (χ0n) is 29.8. The lowest BCUT2D eigenvalue weighted by molar-refractivity contribution is 0.670. The second kappa shape index (κ2) is 12.9. The Morgan fingerprint density at radius 2 is 1.00 bits per heavy atom. The van der Waals surface area contributed by atoms with E-state index in [-0.39, 0.29) is 0 Å². The molecular weight excluding hydrogens is 687 g/mol. The largest absolute Gasteiger partial charge is 0.455 e. The van der Waals surface area contributed by atoms with E-state index < -0.39 is 0 Å². The maximum Gasteiger partial charge on any atom is 0.143 e. The third-order valence-electron chi connectivity index (χ3n) is 10.9. The molecule has 0 atom stereocenters. The summed E-state index contributed by atoms with van der Waals surface area (Å²) in [7, 11) is 0. The van der Waals surface area contributed by atoms with Crippen LogP contribution in [0.2, 0.25) is 0 Å². The van der Waals surface area contributed by atoms with Crippen molar-refractivity contribution >= 4 is 81.3 Å². The van der Waals surface area contributed by atoms with Gasteiger partial charge in [-0.25, -0.2) is 0 Å². The molecule has 55 heavy (non-hydrogen) atoms. The number of rotatable bonds is 6. The standard InChI is InChI=1S/C52H33NOS/c1-2-10-34(11-3-1)38-13-8-14-42(32-38)53(41-28-22-37(23-29-41)43-17-9-18-46-45-16-6-7-19-49(45)54-51(43)46)40-26-20-35(21-27-40)39-25-31-50-48(33-39)47-30-24-36-12-4-5-15-44(36)52(47)55-50/h1-33H. The van der Waals surface area contributed by atoms with Crippen molar-refractivity contribution in [2.45, 2.75) is 0 Å². The molecule has 9 aromatic carbocycles. The second-order valence-corrected chi connectivity index (χ2v) is 15.2. The van der Waals surface area contributed by atoms with E-state index in [1.807, 2.05) is 23.5 Å². The summed E-state index contributed by atoms with van der Waals surface area (Å²) in [4.78, 5) is 2.35. The van der Waals surface area contributed by atoms with E-state index in [9.17, 15) is 0 Å². The van der Waals surface area contributed by atoms with Crippen LogP contribution in [0.5, 0.6) is 0 Å². The molecule has 3 heteroatoms. The monoisotopic (exact) mass is 719 g/mol. The molecule has 0 bridgehead atoms. The van der Waals surface area contributed by atoms with E-state index in [1.165, 1.54) is 53.2 Å². The number of benzene rings is 9. The van der Waals surface area contributed by atoms with Gasteiger partial charge in [-0.2, -0.15) is 0 Å². The Balaban J connectivity index is 0.994. The number of anilines is 3. The highest BCUT2D eigenvalue weighted by molar-refractivity contribution is 7.26. The number of para-hydroxylation sites is 2. The van der Waals surface area contributed by atoms with Crippen molar-refractivity contribution in [3.05, 3.63) is 200 Å². The minimum Gasteiger partial charge on any atom is -0.455 e. The Bertz CT molecular complexity index is 3190. The molecular formula is C52H33NOS. The Morgan fingerprint density at radius 3 is 1.84 bits per heavy atom. The first-order chi connectivity index (χ1) is 27.2. The van der Waals surface area contributed by atoms with Gasteiger partial charge in [0, 0.05) is 53.6 Å². The molecule has 258 valence electrons. The maximum atomic E-state index is 6.40. The quantitative estimate of drug-likeness (QED) is 0.170. The molecule has 0 spiro atoms. The molecule has 0 aliphatic rings. The summed E-state index contributed by atoms with van der Waals surface area (Å²) in [5, 5.41) is 7.52. The molecule has 0 radical (unpaired) electrons. The Morgan fingerprint density at radius 1 is 0.364 bits per heavy atom. The molecule has 11 rings (SSSR count). The van der Waals surface area contributed by atoms with Crippen molar-refractivity contribution in [3.8, 4) is 33.4 Å². The van der Waals surface area contributed by atoms with E-state index in [4.69, 9.17) is 4.42 Å². The molecule has 0 amide bonds. The smallest absolute Gasteiger partial charge is 0.143 e. The first-order valence-electron chi connectivity index (χ1n) is 18.7. The van der Waals surface area contributed by atoms with E-state index in [0.29, 0.717) is 0 Å². The van der Waals surface area contributed by atoms with Crippen LogP contribution >= 0.6 is 11.3 Å². The lowest BCUT2D eigenvalue weighted by Crippen LogP contribution is -2.10. The zero-order valence-corrected chi connectivity index (χ0v) is 30.6. The normalized spacial score (nSPS) is 11.6. The fourth-order valence-electron chi connectivity index (χ4n) is 8.15. The lowest BCUT2D eigenvalue weighted by Gasteiger charge is -2.26. The van der Waals surface area contributed by atoms with Gasteiger partial charge in [0.1, 0.15) is 11.2 Å². The average Bonchev–Trinajstić information content (AvgIpc) is 3.83. The SMILES string of the molecule is c1ccc(-c2cccc(N(c3ccc(-c4ccc5sc6c7ccccc7ccc6c5c4)cc3)c3ccc(-c4cccc5c4oc4ccccc45)cc3)c2)cc1. The summed E-state index contributed by atoms with van der Waals surface area (Å²) in [6, 6.07) is 72.1. The predicted octanol–water partition coefficient (Wildman–Crippen LogP) is 15.6. The van der Waals surface area contributed by atoms with Crippen LogP contribution in [0.15, 0.2) is 205 Å². The van der Waals surface area contributed by atoms with Crippen LogP contribution in [-0.2, 0) is 0 Å². The number of hydrogen-bond acceptors (Lipinski definition) is 3. The molecule has 0 fully saturated rings. The maximum absolute atomic E-state index is 6.40. The topological polar surface area (TPSA) is 16.4 Å². The molecule has 0 saturated carbocycles. The highest BCUT2D eigenvalue weighted by atomic mass is 32.1. The van der Waals surface area contributed by atoms with Crippen LogP contribution < -0.4 is 4.90 Å². The summed E-state index contributed by atoms with van der Waals surface area (Å²) in [6.45, 7) is 0. The van der Waals surface area contributed by atoms with E-state index in [2.05, 4.69) is 193 Å². The van der Waals surface area contributed by atoms with Crippen molar-refractivity contribution in [2.75, 3.05) is 4.90 Å².